The summed E-state index contributed by atoms with van der Waals surface area (Å²) in [6.45, 7) is 9.27. The van der Waals surface area contributed by atoms with Gasteiger partial charge in [-0.2, -0.15) is 9.97 Å². The summed E-state index contributed by atoms with van der Waals surface area (Å²) in [5, 5.41) is 12.9. The number of nitrogens with zero attached hydrogens (tertiary/aromatic N) is 6. The van der Waals surface area contributed by atoms with Crippen LogP contribution in [-0.2, 0) is 9.59 Å². The van der Waals surface area contributed by atoms with Gasteiger partial charge < -0.3 is 31.1 Å². The van der Waals surface area contributed by atoms with E-state index in [1.165, 1.54) is 12.8 Å². The highest BCUT2D eigenvalue weighted by Crippen LogP contribution is 2.29. The fraction of sp³-hybridized carbons (Fsp3) is 0.463. The Kier molecular flexibility index (Phi) is 18.1. The molecule has 0 saturated heterocycles. The lowest BCUT2D eigenvalue weighted by molar-refractivity contribution is -0.137. The minimum absolute atomic E-state index is 0.234. The molecule has 0 bridgehead atoms. The molecule has 2 amide bonds. The van der Waals surface area contributed by atoms with E-state index in [-0.39, 0.29) is 23.7 Å². The summed E-state index contributed by atoms with van der Waals surface area (Å²) >= 11 is 6.94. The van der Waals surface area contributed by atoms with Crippen LogP contribution in [0.5, 0.6) is 0 Å². The van der Waals surface area contributed by atoms with Crippen molar-refractivity contribution in [3.8, 4) is 0 Å². The van der Waals surface area contributed by atoms with Gasteiger partial charge in [0.15, 0.2) is 0 Å². The normalized spacial score (nSPS) is 13.5. The number of carbonyl (C=O) groups is 2. The van der Waals surface area contributed by atoms with Crippen LogP contribution in [0.4, 0.5) is 34.9 Å². The van der Waals surface area contributed by atoms with Crippen molar-refractivity contribution in [1.29, 1.82) is 0 Å². The zero-order chi connectivity index (χ0) is 39.6. The molecule has 2 aromatic carbocycles. The molecule has 0 atom stereocenters. The fourth-order valence-corrected chi connectivity index (χ4v) is 6.09. The zero-order valence-electron chi connectivity index (χ0n) is 32.7. The summed E-state index contributed by atoms with van der Waals surface area (Å²) < 4.78 is 1.61. The van der Waals surface area contributed by atoms with Crippen molar-refractivity contribution in [3.05, 3.63) is 82.0 Å². The van der Waals surface area contributed by atoms with E-state index in [4.69, 9.17) is 0 Å². The summed E-state index contributed by atoms with van der Waals surface area (Å²) in [4.78, 5) is 45.5. The van der Waals surface area contributed by atoms with Crippen LogP contribution in [0.2, 0.25) is 0 Å². The van der Waals surface area contributed by atoms with Gasteiger partial charge in [-0.05, 0) is 94.1 Å². The molecule has 2 saturated carbocycles. The first-order valence-electron chi connectivity index (χ1n) is 19.2. The first-order valence-corrected chi connectivity index (χ1v) is 20.8. The van der Waals surface area contributed by atoms with Crippen LogP contribution in [-0.4, -0.2) is 81.8 Å². The van der Waals surface area contributed by atoms with Crippen LogP contribution in [0.25, 0.3) is 0 Å². The molecule has 0 aliphatic heterocycles. The van der Waals surface area contributed by atoms with E-state index < -0.39 is 0 Å². The number of likely N-dealkylation sites (N-methyl/N-ethyl adjacent to an activating group) is 1. The molecule has 2 aromatic heterocycles. The maximum absolute atomic E-state index is 12.1. The van der Waals surface area contributed by atoms with Gasteiger partial charge in [0.2, 0.25) is 23.7 Å². The van der Waals surface area contributed by atoms with E-state index in [1.54, 1.807) is 17.3 Å². The highest BCUT2D eigenvalue weighted by molar-refractivity contribution is 9.11. The summed E-state index contributed by atoms with van der Waals surface area (Å²) in [5.41, 5.74) is 1.87. The quantitative estimate of drug-likeness (QED) is 0.0855. The molecular formula is C41H56Br2N10O2. The number of para-hydroxylation sites is 2. The number of halogens is 2. The van der Waals surface area contributed by atoms with Gasteiger partial charge in [0.1, 0.15) is 11.6 Å². The Labute approximate surface area is 343 Å². The number of nitrogens with one attached hydrogen (secondary N) is 4. The van der Waals surface area contributed by atoms with Gasteiger partial charge >= 0.3 is 0 Å². The molecule has 0 radical (unpaired) electrons. The Hall–Kier alpha value is -4.30. The maximum Gasteiger partial charge on any atom is 0.229 e. The van der Waals surface area contributed by atoms with Crippen molar-refractivity contribution in [1.82, 2.24) is 29.7 Å². The monoisotopic (exact) mass is 878 g/mol. The van der Waals surface area contributed by atoms with E-state index in [2.05, 4.69) is 93.8 Å². The fourth-order valence-electron chi connectivity index (χ4n) is 5.42. The second kappa shape index (κ2) is 22.9. The summed E-state index contributed by atoms with van der Waals surface area (Å²) in [6.07, 6.45) is 10.8. The molecule has 2 aliphatic carbocycles. The molecule has 14 heteroatoms. The number of anilines is 6. The maximum atomic E-state index is 12.1. The van der Waals surface area contributed by atoms with Crippen molar-refractivity contribution in [2.75, 3.05) is 61.5 Å². The molecule has 4 aromatic rings. The average Bonchev–Trinajstić information content (AvgIpc) is 3.12. The number of rotatable bonds is 15. The number of carbonyl (C=O) groups excluding carboxylic acids is 2. The van der Waals surface area contributed by atoms with Crippen molar-refractivity contribution < 1.29 is 9.59 Å². The lowest BCUT2D eigenvalue weighted by Gasteiger charge is -2.29. The van der Waals surface area contributed by atoms with Crippen molar-refractivity contribution in [2.24, 2.45) is 17.8 Å². The van der Waals surface area contributed by atoms with Gasteiger partial charge in [0.25, 0.3) is 0 Å². The molecule has 12 nitrogen and oxygen atoms in total. The Balaban J connectivity index is 0.000000223. The molecule has 0 unspecified atom stereocenters. The third kappa shape index (κ3) is 15.0. The predicted molar refractivity (Wildman–Crippen MR) is 231 cm³/mol. The first kappa shape index (κ1) is 43.4. The van der Waals surface area contributed by atoms with E-state index in [1.807, 2.05) is 79.7 Å². The van der Waals surface area contributed by atoms with Crippen LogP contribution in [0.15, 0.2) is 82.0 Å². The number of benzene rings is 2. The molecule has 6 rings (SSSR count). The molecule has 2 fully saturated rings. The largest absolute Gasteiger partial charge is 0.369 e. The summed E-state index contributed by atoms with van der Waals surface area (Å²) in [5.74, 6) is 4.38. The second-order valence-electron chi connectivity index (χ2n) is 14.5. The molecule has 55 heavy (non-hydrogen) atoms. The lowest BCUT2D eigenvalue weighted by Crippen LogP contribution is -2.38. The number of amides is 2. The van der Waals surface area contributed by atoms with Gasteiger partial charge in [-0.1, -0.05) is 70.0 Å². The standard InChI is InChI=1S/C19H24BrN5O.C18H22BrN5O.C4H10/c1-25(18(26)14-7-5-8-14)12-6-11-21-17-16(20)13-22-19(24-17)23-15-9-3-2-4-10-15;1-24(17(25)13-6-5-7-13)11-10-20-16-15(19)12-21-18(23-16)22-14-8-3-2-4-9-14;1-4(2)3/h2-4,9-10,13-14H,5-8,11-12H2,1H3,(H2,21,22,23,24);2-4,8-9,12-13H,5-7,10-11H2,1H3,(H2,20,21,22,23);4H,1-3H3. The van der Waals surface area contributed by atoms with Gasteiger partial charge in [-0.15, -0.1) is 0 Å². The SMILES string of the molecule is CC(C)C.CN(CCCNc1nc(Nc2ccccc2)ncc1Br)C(=O)C1CCC1.CN(CCNc1nc(Nc2ccccc2)ncc1Br)C(=O)C1CCC1. The molecular weight excluding hydrogens is 824 g/mol. The third-order valence-electron chi connectivity index (χ3n) is 8.91. The highest BCUT2D eigenvalue weighted by Gasteiger charge is 2.28. The van der Waals surface area contributed by atoms with Crippen LogP contribution in [0.1, 0.15) is 65.7 Å². The Bertz CT molecular complexity index is 1760. The summed E-state index contributed by atoms with van der Waals surface area (Å²) in [6, 6.07) is 19.6. The van der Waals surface area contributed by atoms with E-state index in [0.717, 1.165) is 77.2 Å². The van der Waals surface area contributed by atoms with Gasteiger partial charge in [-0.3, -0.25) is 9.59 Å². The highest BCUT2D eigenvalue weighted by atomic mass is 79.9. The van der Waals surface area contributed by atoms with Crippen LogP contribution in [0, 0.1) is 17.8 Å². The van der Waals surface area contributed by atoms with Gasteiger partial charge in [0, 0.05) is 75.9 Å². The molecule has 0 spiro atoms. The smallest absolute Gasteiger partial charge is 0.229 e. The third-order valence-corrected chi connectivity index (χ3v) is 10.1. The number of hydrogen-bond acceptors (Lipinski definition) is 10. The van der Waals surface area contributed by atoms with Crippen LogP contribution < -0.4 is 21.3 Å². The first-order chi connectivity index (χ1) is 26.5. The predicted octanol–water partition coefficient (Wildman–Crippen LogP) is 9.36. The van der Waals surface area contributed by atoms with Crippen LogP contribution in [0.3, 0.4) is 0 Å². The van der Waals surface area contributed by atoms with E-state index in [0.29, 0.717) is 30.8 Å². The number of hydrogen-bond donors (Lipinski definition) is 4. The van der Waals surface area contributed by atoms with Gasteiger partial charge in [-0.25, -0.2) is 9.97 Å². The molecule has 2 heterocycles. The van der Waals surface area contributed by atoms with Crippen molar-refractivity contribution in [3.63, 3.8) is 0 Å². The molecule has 296 valence electrons. The Morgan fingerprint density at radius 1 is 0.673 bits per heavy atom. The molecule has 4 N–H and O–H groups in total. The van der Waals surface area contributed by atoms with Gasteiger partial charge in [0.05, 0.1) is 8.95 Å². The Morgan fingerprint density at radius 2 is 1.07 bits per heavy atom. The van der Waals surface area contributed by atoms with Crippen molar-refractivity contribution >= 4 is 78.6 Å². The lowest BCUT2D eigenvalue weighted by atomic mass is 9.84. The minimum Gasteiger partial charge on any atom is -0.369 e. The van der Waals surface area contributed by atoms with E-state index in [9.17, 15) is 9.59 Å². The van der Waals surface area contributed by atoms with Crippen LogP contribution >= 0.6 is 31.9 Å². The summed E-state index contributed by atoms with van der Waals surface area (Å²) in [7, 11) is 3.75. The minimum atomic E-state index is 0.234. The average molecular weight is 881 g/mol. The second-order valence-corrected chi connectivity index (χ2v) is 16.2. The van der Waals surface area contributed by atoms with E-state index >= 15 is 0 Å². The topological polar surface area (TPSA) is 140 Å². The van der Waals surface area contributed by atoms with Crippen molar-refractivity contribution in [2.45, 2.75) is 65.7 Å². The zero-order valence-corrected chi connectivity index (χ0v) is 35.9. The number of aromatic nitrogens is 4. The Morgan fingerprint density at radius 3 is 1.47 bits per heavy atom. The molecule has 2 aliphatic rings.